The molecule has 0 radical (unpaired) electrons. The van der Waals surface area contributed by atoms with E-state index in [0.29, 0.717) is 63.2 Å². The second-order valence-electron chi connectivity index (χ2n) is 9.96. The summed E-state index contributed by atoms with van der Waals surface area (Å²) in [5.74, 6) is -1.85. The minimum atomic E-state index is -1.31. The number of carboxylic acids is 1. The van der Waals surface area contributed by atoms with Gasteiger partial charge in [0.05, 0.1) is 22.9 Å². The molecule has 9 nitrogen and oxygen atoms in total. The van der Waals surface area contributed by atoms with Crippen LogP contribution in [0.4, 0.5) is 15.2 Å². The van der Waals surface area contributed by atoms with Crippen molar-refractivity contribution in [1.29, 1.82) is 0 Å². The van der Waals surface area contributed by atoms with Gasteiger partial charge < -0.3 is 14.6 Å². The second-order valence-corrected chi connectivity index (χ2v) is 12.4. The summed E-state index contributed by atoms with van der Waals surface area (Å²) in [5, 5.41) is 15.6. The van der Waals surface area contributed by atoms with Crippen molar-refractivity contribution >= 4 is 80.7 Å². The van der Waals surface area contributed by atoms with Gasteiger partial charge in [0.2, 0.25) is 10.6 Å². The number of piperazine rings is 1. The number of halogens is 3. The van der Waals surface area contributed by atoms with E-state index < -0.39 is 17.2 Å². The number of hydrogen-bond acceptors (Lipinski definition) is 8. The maximum Gasteiger partial charge on any atom is 0.341 e. The predicted octanol–water partition coefficient (Wildman–Crippen LogP) is 6.00. The molecule has 2 fully saturated rings. The highest BCUT2D eigenvalue weighted by atomic mass is 35.5. The van der Waals surface area contributed by atoms with Crippen LogP contribution >= 0.6 is 46.8 Å². The Morgan fingerprint density at radius 2 is 1.95 bits per heavy atom. The Bertz CT molecular complexity index is 1830. The van der Waals surface area contributed by atoms with Crippen molar-refractivity contribution in [3.8, 4) is 0 Å². The van der Waals surface area contributed by atoms with E-state index in [9.17, 15) is 14.7 Å². The number of nitrogens with zero attached hydrogens (tertiary/aromatic N) is 6. The SMILES string of the molecule is O=C(O)c1cn(C2CC2)c2cc(N3CCN(Cn4nc(/N=C/c5ccc(Cl)cc5Cl)sc4=S)CC3)c(F)cc2c1=O. The van der Waals surface area contributed by atoms with Gasteiger partial charge in [0.25, 0.3) is 0 Å². The molecule has 0 unspecified atom stereocenters. The van der Waals surface area contributed by atoms with Gasteiger partial charge in [-0.3, -0.25) is 9.69 Å². The van der Waals surface area contributed by atoms with Crippen molar-refractivity contribution in [1.82, 2.24) is 19.2 Å². The number of hydrogen-bond donors (Lipinski definition) is 1. The first-order valence-electron chi connectivity index (χ1n) is 12.8. The fraction of sp³-hybridized carbons (Fsp3) is 0.296. The van der Waals surface area contributed by atoms with E-state index >= 15 is 4.39 Å². The molecule has 1 saturated carbocycles. The normalized spacial score (nSPS) is 16.2. The molecule has 212 valence electrons. The molecule has 2 aliphatic rings. The first-order valence-corrected chi connectivity index (χ1v) is 14.8. The molecule has 2 aromatic carbocycles. The topological polar surface area (TPSA) is 96.0 Å². The Hall–Kier alpha value is -3.16. The van der Waals surface area contributed by atoms with Gasteiger partial charge in [0.1, 0.15) is 11.4 Å². The van der Waals surface area contributed by atoms with Gasteiger partial charge in [-0.15, -0.1) is 5.10 Å². The number of aromatic carboxylic acids is 1. The third-order valence-corrected chi connectivity index (χ3v) is 8.97. The van der Waals surface area contributed by atoms with Gasteiger partial charge >= 0.3 is 5.97 Å². The zero-order valence-electron chi connectivity index (χ0n) is 21.5. The molecule has 0 bridgehead atoms. The molecule has 4 aromatic rings. The highest BCUT2D eigenvalue weighted by Crippen LogP contribution is 2.38. The van der Waals surface area contributed by atoms with Crippen molar-refractivity contribution in [2.24, 2.45) is 4.99 Å². The number of benzene rings is 2. The summed E-state index contributed by atoms with van der Waals surface area (Å²) in [4.78, 5) is 32.9. The van der Waals surface area contributed by atoms with E-state index in [2.05, 4.69) is 15.0 Å². The van der Waals surface area contributed by atoms with E-state index in [4.69, 9.17) is 35.4 Å². The van der Waals surface area contributed by atoms with Crippen LogP contribution in [0.2, 0.25) is 10.0 Å². The van der Waals surface area contributed by atoms with E-state index in [1.807, 2.05) is 9.47 Å². The largest absolute Gasteiger partial charge is 0.477 e. The highest BCUT2D eigenvalue weighted by molar-refractivity contribution is 7.73. The number of anilines is 1. The predicted molar refractivity (Wildman–Crippen MR) is 162 cm³/mol. The van der Waals surface area contributed by atoms with E-state index in [-0.39, 0.29) is 17.0 Å². The molecule has 2 aromatic heterocycles. The van der Waals surface area contributed by atoms with Gasteiger partial charge in [0, 0.05) is 60.6 Å². The summed E-state index contributed by atoms with van der Waals surface area (Å²) >= 11 is 19.0. The fourth-order valence-corrected chi connectivity index (χ4v) is 6.28. The van der Waals surface area contributed by atoms with Crippen LogP contribution in [0.15, 0.2) is 46.3 Å². The fourth-order valence-electron chi connectivity index (χ4n) is 4.90. The molecule has 0 spiro atoms. The Balaban J connectivity index is 1.16. The maximum atomic E-state index is 15.3. The second kappa shape index (κ2) is 11.3. The van der Waals surface area contributed by atoms with Crippen LogP contribution in [-0.2, 0) is 6.67 Å². The number of aliphatic imine (C=N–C) groups is 1. The lowest BCUT2D eigenvalue weighted by atomic mass is 10.1. The molecule has 1 aliphatic carbocycles. The smallest absolute Gasteiger partial charge is 0.341 e. The van der Waals surface area contributed by atoms with Crippen LogP contribution in [0.5, 0.6) is 0 Å². The standard InChI is InChI=1S/C27H23Cl2FN6O3S2/c28-16-2-1-15(20(29)9-16)12-31-26-32-36(27(40)41-26)14-33-5-7-34(8-6-33)23-11-22-18(10-21(23)30)24(37)19(25(38)39)13-35(22)17-3-4-17/h1-2,9-13,17H,3-8,14H2,(H,38,39)/b31-12+. The lowest BCUT2D eigenvalue weighted by Crippen LogP contribution is -2.47. The molecule has 14 heteroatoms. The van der Waals surface area contributed by atoms with E-state index in [1.54, 1.807) is 35.2 Å². The number of aromatic nitrogens is 3. The molecular formula is C27H23Cl2FN6O3S2. The van der Waals surface area contributed by atoms with Crippen molar-refractivity contribution in [3.63, 3.8) is 0 Å². The summed E-state index contributed by atoms with van der Waals surface area (Å²) in [5.41, 5.74) is 0.671. The number of rotatable bonds is 7. The summed E-state index contributed by atoms with van der Waals surface area (Å²) in [6.07, 6.45) is 4.80. The molecule has 3 heterocycles. The zero-order chi connectivity index (χ0) is 28.8. The van der Waals surface area contributed by atoms with Crippen molar-refractivity contribution in [2.75, 3.05) is 31.1 Å². The number of carboxylic acid groups (broad SMARTS) is 1. The summed E-state index contributed by atoms with van der Waals surface area (Å²) in [6.45, 7) is 2.87. The molecule has 0 atom stereocenters. The lowest BCUT2D eigenvalue weighted by Gasteiger charge is -2.36. The monoisotopic (exact) mass is 632 g/mol. The van der Waals surface area contributed by atoms with Gasteiger partial charge in [0.15, 0.2) is 3.95 Å². The third kappa shape index (κ3) is 5.80. The minimum absolute atomic E-state index is 0.0893. The molecule has 1 aliphatic heterocycles. The Morgan fingerprint density at radius 1 is 1.20 bits per heavy atom. The average Bonchev–Trinajstić information content (AvgIpc) is 3.72. The molecule has 6 rings (SSSR count). The van der Waals surface area contributed by atoms with Crippen LogP contribution in [0.25, 0.3) is 10.9 Å². The van der Waals surface area contributed by atoms with Gasteiger partial charge in [-0.2, -0.15) is 0 Å². The molecule has 1 saturated heterocycles. The first kappa shape index (κ1) is 28.0. The molecule has 0 amide bonds. The quantitative estimate of drug-likeness (QED) is 0.197. The van der Waals surface area contributed by atoms with E-state index in [1.165, 1.54) is 23.6 Å². The number of fused-ring (bicyclic) bond motifs is 1. The molecular weight excluding hydrogens is 610 g/mol. The van der Waals surface area contributed by atoms with Gasteiger partial charge in [-0.1, -0.05) is 40.6 Å². The summed E-state index contributed by atoms with van der Waals surface area (Å²) in [6, 6.07) is 8.14. The summed E-state index contributed by atoms with van der Waals surface area (Å²) in [7, 11) is 0. The van der Waals surface area contributed by atoms with Crippen molar-refractivity contribution in [2.45, 2.75) is 25.6 Å². The Morgan fingerprint density at radius 3 is 2.63 bits per heavy atom. The Kier molecular flexibility index (Phi) is 7.68. The third-order valence-electron chi connectivity index (χ3n) is 7.19. The van der Waals surface area contributed by atoms with Gasteiger partial charge in [-0.25, -0.2) is 18.9 Å². The number of carbonyl (C=O) groups is 1. The average molecular weight is 634 g/mol. The van der Waals surface area contributed by atoms with Crippen LogP contribution in [0, 0.1) is 9.77 Å². The highest BCUT2D eigenvalue weighted by Gasteiger charge is 2.28. The van der Waals surface area contributed by atoms with Crippen molar-refractivity contribution in [3.05, 3.63) is 77.7 Å². The van der Waals surface area contributed by atoms with Crippen LogP contribution < -0.4 is 10.3 Å². The van der Waals surface area contributed by atoms with Crippen LogP contribution in [0.1, 0.15) is 34.8 Å². The first-order chi connectivity index (χ1) is 19.7. The van der Waals surface area contributed by atoms with Crippen LogP contribution in [0.3, 0.4) is 0 Å². The molecule has 41 heavy (non-hydrogen) atoms. The number of pyridine rings is 1. The summed E-state index contributed by atoms with van der Waals surface area (Å²) < 4.78 is 19.4. The maximum absolute atomic E-state index is 15.3. The Labute approximate surface area is 252 Å². The van der Waals surface area contributed by atoms with E-state index in [0.717, 1.165) is 18.4 Å². The van der Waals surface area contributed by atoms with Crippen molar-refractivity contribution < 1.29 is 14.3 Å². The lowest BCUT2D eigenvalue weighted by molar-refractivity contribution is 0.0695. The minimum Gasteiger partial charge on any atom is -0.477 e. The van der Waals surface area contributed by atoms with Gasteiger partial charge in [-0.05, 0) is 49.3 Å². The zero-order valence-corrected chi connectivity index (χ0v) is 24.6. The molecule has 1 N–H and O–H groups in total. The van der Waals surface area contributed by atoms with Crippen LogP contribution in [-0.4, -0.2) is 62.7 Å².